The standard InChI is InChI=1S/C14H14O3S/c1-2-3-10-4-6-11(7-5-10)17-13-9-8-12(18-13)14(15)16/h4-9H,2-3H2,1H3,(H,15,16). The minimum atomic E-state index is -0.923. The Balaban J connectivity index is 2.06. The molecule has 0 bridgehead atoms. The summed E-state index contributed by atoms with van der Waals surface area (Å²) in [6, 6.07) is 11.1. The molecule has 18 heavy (non-hydrogen) atoms. The highest BCUT2D eigenvalue weighted by atomic mass is 32.1. The highest BCUT2D eigenvalue weighted by Crippen LogP contribution is 2.29. The fourth-order valence-electron chi connectivity index (χ4n) is 1.62. The number of thiophene rings is 1. The molecule has 1 aromatic carbocycles. The number of carboxylic acid groups (broad SMARTS) is 1. The van der Waals surface area contributed by atoms with Crippen molar-refractivity contribution in [2.75, 3.05) is 0 Å². The number of ether oxygens (including phenoxy) is 1. The zero-order valence-electron chi connectivity index (χ0n) is 10.1. The Kier molecular flexibility index (Phi) is 3.99. The van der Waals surface area contributed by atoms with Crippen LogP contribution in [0.4, 0.5) is 0 Å². The first-order chi connectivity index (χ1) is 8.69. The predicted molar refractivity (Wildman–Crippen MR) is 71.8 cm³/mol. The van der Waals surface area contributed by atoms with E-state index in [1.165, 1.54) is 5.56 Å². The smallest absolute Gasteiger partial charge is 0.345 e. The Bertz CT molecular complexity index is 528. The maximum absolute atomic E-state index is 10.7. The average Bonchev–Trinajstić information content (AvgIpc) is 2.81. The zero-order chi connectivity index (χ0) is 13.0. The third-order valence-corrected chi connectivity index (χ3v) is 3.42. The Morgan fingerprint density at radius 1 is 1.22 bits per heavy atom. The van der Waals surface area contributed by atoms with Crippen LogP contribution in [0.5, 0.6) is 10.8 Å². The van der Waals surface area contributed by atoms with Gasteiger partial charge in [0.25, 0.3) is 0 Å². The van der Waals surface area contributed by atoms with Crippen molar-refractivity contribution in [3.8, 4) is 10.8 Å². The molecule has 0 atom stereocenters. The molecule has 0 aliphatic rings. The zero-order valence-corrected chi connectivity index (χ0v) is 10.9. The average molecular weight is 262 g/mol. The Labute approximate surface area is 110 Å². The Morgan fingerprint density at radius 2 is 1.94 bits per heavy atom. The fourth-order valence-corrected chi connectivity index (χ4v) is 2.33. The second-order valence-corrected chi connectivity index (χ2v) is 4.97. The first-order valence-corrected chi connectivity index (χ1v) is 6.60. The second kappa shape index (κ2) is 5.69. The number of aromatic carboxylic acids is 1. The first kappa shape index (κ1) is 12.6. The van der Waals surface area contributed by atoms with Crippen molar-refractivity contribution < 1.29 is 14.6 Å². The number of carboxylic acids is 1. The highest BCUT2D eigenvalue weighted by Gasteiger charge is 2.08. The van der Waals surface area contributed by atoms with E-state index in [4.69, 9.17) is 9.84 Å². The van der Waals surface area contributed by atoms with E-state index in [0.29, 0.717) is 5.06 Å². The van der Waals surface area contributed by atoms with Crippen molar-refractivity contribution >= 4 is 17.3 Å². The van der Waals surface area contributed by atoms with Crippen molar-refractivity contribution in [2.24, 2.45) is 0 Å². The summed E-state index contributed by atoms with van der Waals surface area (Å²) < 4.78 is 5.60. The van der Waals surface area contributed by atoms with Crippen LogP contribution >= 0.6 is 11.3 Å². The maximum Gasteiger partial charge on any atom is 0.345 e. The molecule has 4 heteroatoms. The van der Waals surface area contributed by atoms with Gasteiger partial charge >= 0.3 is 5.97 Å². The van der Waals surface area contributed by atoms with Crippen LogP contribution in [0.3, 0.4) is 0 Å². The maximum atomic E-state index is 10.7. The van der Waals surface area contributed by atoms with Gasteiger partial charge in [-0.1, -0.05) is 36.8 Å². The van der Waals surface area contributed by atoms with Crippen LogP contribution in [0, 0.1) is 0 Å². The SMILES string of the molecule is CCCc1ccc(Oc2ccc(C(=O)O)s2)cc1. The van der Waals surface area contributed by atoms with Crippen molar-refractivity contribution in [2.45, 2.75) is 19.8 Å². The third-order valence-electron chi connectivity index (χ3n) is 2.47. The molecule has 2 aromatic rings. The summed E-state index contributed by atoms with van der Waals surface area (Å²) in [4.78, 5) is 11.0. The van der Waals surface area contributed by atoms with Crippen LogP contribution in [-0.2, 0) is 6.42 Å². The van der Waals surface area contributed by atoms with Gasteiger partial charge in [-0.25, -0.2) is 4.79 Å². The van der Waals surface area contributed by atoms with Gasteiger partial charge in [-0.15, -0.1) is 0 Å². The van der Waals surface area contributed by atoms with E-state index < -0.39 is 5.97 Å². The van der Waals surface area contributed by atoms with Crippen LogP contribution in [0.25, 0.3) is 0 Å². The molecule has 2 rings (SSSR count). The van der Waals surface area contributed by atoms with E-state index in [9.17, 15) is 4.79 Å². The molecule has 0 saturated heterocycles. The molecule has 94 valence electrons. The summed E-state index contributed by atoms with van der Waals surface area (Å²) in [7, 11) is 0. The second-order valence-electron chi connectivity index (χ2n) is 3.92. The van der Waals surface area contributed by atoms with Crippen molar-refractivity contribution in [1.29, 1.82) is 0 Å². The number of hydrogen-bond donors (Lipinski definition) is 1. The minimum Gasteiger partial charge on any atom is -0.477 e. The molecule has 1 heterocycles. The van der Waals surface area contributed by atoms with Gasteiger partial charge in [-0.05, 0) is 36.2 Å². The number of hydrogen-bond acceptors (Lipinski definition) is 3. The third kappa shape index (κ3) is 3.11. The lowest BCUT2D eigenvalue weighted by atomic mass is 10.1. The van der Waals surface area contributed by atoms with E-state index in [1.54, 1.807) is 12.1 Å². The van der Waals surface area contributed by atoms with Crippen LogP contribution < -0.4 is 4.74 Å². The van der Waals surface area contributed by atoms with Gasteiger partial charge < -0.3 is 9.84 Å². The minimum absolute atomic E-state index is 0.285. The molecular formula is C14H14O3S. The summed E-state index contributed by atoms with van der Waals surface area (Å²) in [5.74, 6) is -0.193. The van der Waals surface area contributed by atoms with Crippen LogP contribution in [0.15, 0.2) is 36.4 Å². The molecule has 0 saturated carbocycles. The Hall–Kier alpha value is -1.81. The molecule has 0 spiro atoms. The largest absolute Gasteiger partial charge is 0.477 e. The van der Waals surface area contributed by atoms with Gasteiger partial charge in [-0.2, -0.15) is 0 Å². The van der Waals surface area contributed by atoms with E-state index in [1.807, 2.05) is 24.3 Å². The van der Waals surface area contributed by atoms with Gasteiger partial charge in [-0.3, -0.25) is 0 Å². The number of carbonyl (C=O) groups is 1. The van der Waals surface area contributed by atoms with Crippen molar-refractivity contribution in [1.82, 2.24) is 0 Å². The lowest BCUT2D eigenvalue weighted by Gasteiger charge is -2.03. The molecule has 1 aromatic heterocycles. The summed E-state index contributed by atoms with van der Waals surface area (Å²) in [6.45, 7) is 2.14. The molecule has 0 fully saturated rings. The molecule has 0 radical (unpaired) electrons. The highest BCUT2D eigenvalue weighted by molar-refractivity contribution is 7.15. The molecule has 1 N–H and O–H groups in total. The van der Waals surface area contributed by atoms with Crippen molar-refractivity contribution in [3.63, 3.8) is 0 Å². The van der Waals surface area contributed by atoms with Gasteiger partial charge in [0.05, 0.1) is 0 Å². The number of rotatable bonds is 5. The van der Waals surface area contributed by atoms with Gasteiger partial charge in [0.2, 0.25) is 0 Å². The van der Waals surface area contributed by atoms with Gasteiger partial charge in [0.15, 0.2) is 5.06 Å². The molecule has 0 amide bonds. The fraction of sp³-hybridized carbons (Fsp3) is 0.214. The monoisotopic (exact) mass is 262 g/mol. The van der Waals surface area contributed by atoms with Gasteiger partial charge in [0, 0.05) is 0 Å². The van der Waals surface area contributed by atoms with E-state index in [0.717, 1.165) is 29.9 Å². The lowest BCUT2D eigenvalue weighted by Crippen LogP contribution is -1.89. The molecular weight excluding hydrogens is 248 g/mol. The summed E-state index contributed by atoms with van der Waals surface area (Å²) in [5, 5.41) is 9.41. The van der Waals surface area contributed by atoms with Crippen LogP contribution in [0.1, 0.15) is 28.6 Å². The van der Waals surface area contributed by atoms with Crippen LogP contribution in [0.2, 0.25) is 0 Å². The molecule has 0 unspecified atom stereocenters. The molecule has 0 aliphatic heterocycles. The summed E-state index contributed by atoms with van der Waals surface area (Å²) in [6.07, 6.45) is 2.18. The topological polar surface area (TPSA) is 46.5 Å². The van der Waals surface area contributed by atoms with E-state index in [-0.39, 0.29) is 4.88 Å². The van der Waals surface area contributed by atoms with Crippen LogP contribution in [-0.4, -0.2) is 11.1 Å². The van der Waals surface area contributed by atoms with E-state index >= 15 is 0 Å². The number of aryl methyl sites for hydroxylation is 1. The van der Waals surface area contributed by atoms with Crippen molar-refractivity contribution in [3.05, 3.63) is 46.8 Å². The number of benzene rings is 1. The molecule has 3 nitrogen and oxygen atoms in total. The normalized spacial score (nSPS) is 10.3. The van der Waals surface area contributed by atoms with Gasteiger partial charge in [0.1, 0.15) is 10.6 Å². The Morgan fingerprint density at radius 3 is 2.50 bits per heavy atom. The summed E-state index contributed by atoms with van der Waals surface area (Å²) >= 11 is 1.13. The summed E-state index contributed by atoms with van der Waals surface area (Å²) in [5.41, 5.74) is 1.28. The quantitative estimate of drug-likeness (QED) is 0.878. The van der Waals surface area contributed by atoms with E-state index in [2.05, 4.69) is 6.92 Å². The lowest BCUT2D eigenvalue weighted by molar-refractivity contribution is 0.0702. The first-order valence-electron chi connectivity index (χ1n) is 5.79. The molecule has 0 aliphatic carbocycles. The predicted octanol–water partition coefficient (Wildman–Crippen LogP) is 4.19.